The number of H-pyrrole nitrogens is 1. The molecule has 0 aliphatic rings. The second-order valence-electron chi connectivity index (χ2n) is 6.75. The van der Waals surface area contributed by atoms with Crippen LogP contribution in [0.5, 0.6) is 0 Å². The van der Waals surface area contributed by atoms with E-state index < -0.39 is 16.1 Å². The Morgan fingerprint density at radius 1 is 1.00 bits per heavy atom. The third-order valence-corrected chi connectivity index (χ3v) is 5.88. The van der Waals surface area contributed by atoms with Gasteiger partial charge in [0.25, 0.3) is 15.6 Å². The van der Waals surface area contributed by atoms with E-state index in [-0.39, 0.29) is 17.0 Å². The highest BCUT2D eigenvalue weighted by Crippen LogP contribution is 2.17. The van der Waals surface area contributed by atoms with Crippen molar-refractivity contribution in [2.24, 2.45) is 0 Å². The van der Waals surface area contributed by atoms with Gasteiger partial charge >= 0.3 is 6.03 Å². The molecule has 0 aliphatic carbocycles. The lowest BCUT2D eigenvalue weighted by Crippen LogP contribution is -2.39. The van der Waals surface area contributed by atoms with Gasteiger partial charge in [-0.15, -0.1) is 0 Å². The number of benzene rings is 2. The molecule has 1 aromatic heterocycles. The second-order valence-corrected chi connectivity index (χ2v) is 8.43. The van der Waals surface area contributed by atoms with Crippen molar-refractivity contribution in [3.63, 3.8) is 0 Å². The van der Waals surface area contributed by atoms with Crippen LogP contribution in [0, 0.1) is 20.8 Å². The Kier molecular flexibility index (Phi) is 5.24. The number of carbonyl (C=O) groups is 1. The van der Waals surface area contributed by atoms with Crippen LogP contribution >= 0.6 is 0 Å². The Balaban J connectivity index is 1.73. The van der Waals surface area contributed by atoms with Gasteiger partial charge in [-0.1, -0.05) is 17.7 Å². The van der Waals surface area contributed by atoms with Gasteiger partial charge in [0.05, 0.1) is 11.4 Å². The number of hydrogen-bond donors (Lipinski definition) is 3. The number of sulfonamides is 1. The highest BCUT2D eigenvalue weighted by atomic mass is 32.2. The molecule has 3 aromatic rings. The van der Waals surface area contributed by atoms with Gasteiger partial charge < -0.3 is 10.3 Å². The van der Waals surface area contributed by atoms with Crippen molar-refractivity contribution in [1.29, 1.82) is 0 Å². The summed E-state index contributed by atoms with van der Waals surface area (Å²) in [5.74, 6) is 0. The zero-order valence-electron chi connectivity index (χ0n) is 15.8. The van der Waals surface area contributed by atoms with E-state index in [4.69, 9.17) is 0 Å². The van der Waals surface area contributed by atoms with Crippen LogP contribution in [0.25, 0.3) is 10.9 Å². The van der Waals surface area contributed by atoms with E-state index in [1.165, 1.54) is 12.1 Å². The number of urea groups is 1. The van der Waals surface area contributed by atoms with Crippen LogP contribution in [0.3, 0.4) is 0 Å². The molecule has 0 atom stereocenters. The van der Waals surface area contributed by atoms with Crippen LogP contribution < -0.4 is 15.6 Å². The van der Waals surface area contributed by atoms with Crippen LogP contribution in [0.1, 0.15) is 22.3 Å². The molecule has 0 saturated carbocycles. The number of aromatic amines is 1. The fraction of sp³-hybridized carbons (Fsp3) is 0.200. The first-order valence-electron chi connectivity index (χ1n) is 8.66. The van der Waals surface area contributed by atoms with Crippen molar-refractivity contribution < 1.29 is 13.2 Å². The quantitative estimate of drug-likeness (QED) is 0.627. The van der Waals surface area contributed by atoms with Crippen LogP contribution in [0.15, 0.2) is 52.2 Å². The van der Waals surface area contributed by atoms with Crippen LogP contribution in [-0.2, 0) is 16.6 Å². The number of pyridine rings is 1. The van der Waals surface area contributed by atoms with Crippen molar-refractivity contribution in [2.45, 2.75) is 32.2 Å². The maximum absolute atomic E-state index is 12.2. The molecule has 3 N–H and O–H groups in total. The molecule has 8 heteroatoms. The van der Waals surface area contributed by atoms with Crippen LogP contribution in [-0.4, -0.2) is 19.4 Å². The smallest absolute Gasteiger partial charge is 0.328 e. The van der Waals surface area contributed by atoms with E-state index >= 15 is 0 Å². The summed E-state index contributed by atoms with van der Waals surface area (Å²) in [6, 6.07) is 10.8. The van der Waals surface area contributed by atoms with Gasteiger partial charge in [-0.3, -0.25) is 4.79 Å². The third-order valence-electron chi connectivity index (χ3n) is 4.53. The maximum Gasteiger partial charge on any atom is 0.328 e. The molecule has 28 heavy (non-hydrogen) atoms. The molecule has 0 aliphatic heterocycles. The van der Waals surface area contributed by atoms with E-state index in [1.807, 2.05) is 37.6 Å². The Morgan fingerprint density at radius 2 is 1.64 bits per heavy atom. The summed E-state index contributed by atoms with van der Waals surface area (Å²) in [4.78, 5) is 27.0. The molecule has 1 heterocycles. The molecule has 7 nitrogen and oxygen atoms in total. The van der Waals surface area contributed by atoms with Gasteiger partial charge in [-0.05, 0) is 67.6 Å². The number of rotatable bonds is 4. The van der Waals surface area contributed by atoms with Gasteiger partial charge in [0.1, 0.15) is 0 Å². The normalized spacial score (nSPS) is 11.4. The summed E-state index contributed by atoms with van der Waals surface area (Å²) in [6.07, 6.45) is 0. The molecule has 3 rings (SSSR count). The summed E-state index contributed by atoms with van der Waals surface area (Å²) in [7, 11) is -3.98. The van der Waals surface area contributed by atoms with Crippen molar-refractivity contribution in [1.82, 2.24) is 15.0 Å². The minimum atomic E-state index is -3.98. The Hall–Kier alpha value is -3.13. The van der Waals surface area contributed by atoms with Gasteiger partial charge in [0, 0.05) is 11.1 Å². The molecule has 0 radical (unpaired) electrons. The second kappa shape index (κ2) is 7.47. The first-order valence-corrected chi connectivity index (χ1v) is 10.1. The lowest BCUT2D eigenvalue weighted by Gasteiger charge is -2.10. The van der Waals surface area contributed by atoms with Crippen molar-refractivity contribution in [3.8, 4) is 0 Å². The number of fused-ring (bicyclic) bond motifs is 1. The summed E-state index contributed by atoms with van der Waals surface area (Å²) in [5.41, 5.74) is 3.76. The van der Waals surface area contributed by atoms with Gasteiger partial charge in [0.2, 0.25) is 0 Å². The number of nitrogens with one attached hydrogen (secondary N) is 3. The fourth-order valence-corrected chi connectivity index (χ4v) is 3.69. The maximum atomic E-state index is 12.2. The summed E-state index contributed by atoms with van der Waals surface area (Å²) in [6.45, 7) is 5.66. The zero-order valence-corrected chi connectivity index (χ0v) is 16.6. The minimum absolute atomic E-state index is 0.0114. The fourth-order valence-electron chi connectivity index (χ4n) is 2.76. The van der Waals surface area contributed by atoms with Gasteiger partial charge in [0.15, 0.2) is 0 Å². The molecular weight excluding hydrogens is 378 g/mol. The molecule has 0 saturated heterocycles. The first kappa shape index (κ1) is 19.6. The molecule has 0 spiro atoms. The first-order chi connectivity index (χ1) is 13.2. The Labute approximate surface area is 162 Å². The number of amides is 2. The number of aryl methyl sites for hydroxylation is 3. The SMILES string of the molecule is Cc1ccc(S(=O)(=O)NC(=O)NCc2cc3cc(C)c(C)cc3[nH]c2=O)cc1. The molecule has 0 bridgehead atoms. The number of hydrogen-bond acceptors (Lipinski definition) is 4. The predicted molar refractivity (Wildman–Crippen MR) is 108 cm³/mol. The molecular formula is C20H21N3O4S. The van der Waals surface area contributed by atoms with E-state index in [2.05, 4.69) is 10.3 Å². The number of aromatic nitrogens is 1. The molecule has 0 unspecified atom stereocenters. The largest absolute Gasteiger partial charge is 0.333 e. The minimum Gasteiger partial charge on any atom is -0.333 e. The Bertz CT molecular complexity index is 1210. The average molecular weight is 399 g/mol. The number of carbonyl (C=O) groups excluding carboxylic acids is 1. The molecule has 146 valence electrons. The third kappa shape index (κ3) is 4.23. The average Bonchev–Trinajstić information content (AvgIpc) is 2.61. The lowest BCUT2D eigenvalue weighted by atomic mass is 10.1. The van der Waals surface area contributed by atoms with Gasteiger partial charge in [-0.25, -0.2) is 17.9 Å². The zero-order chi connectivity index (χ0) is 20.5. The van der Waals surface area contributed by atoms with E-state index in [1.54, 1.807) is 18.2 Å². The standard InChI is InChI=1S/C20H21N3O4S/c1-12-4-6-17(7-5-12)28(26,27)23-20(25)21-11-16-10-15-8-13(2)14(3)9-18(15)22-19(16)24/h4-10H,11H2,1-3H3,(H,22,24)(H2,21,23,25). The van der Waals surface area contributed by atoms with Crippen molar-refractivity contribution in [3.05, 3.63) is 75.1 Å². The van der Waals surface area contributed by atoms with Crippen molar-refractivity contribution in [2.75, 3.05) is 0 Å². The van der Waals surface area contributed by atoms with Crippen molar-refractivity contribution >= 4 is 27.0 Å². The van der Waals surface area contributed by atoms with E-state index in [0.717, 1.165) is 22.1 Å². The highest BCUT2D eigenvalue weighted by Gasteiger charge is 2.17. The van der Waals surface area contributed by atoms with Crippen LogP contribution in [0.2, 0.25) is 0 Å². The van der Waals surface area contributed by atoms with E-state index in [9.17, 15) is 18.0 Å². The van der Waals surface area contributed by atoms with Crippen LogP contribution in [0.4, 0.5) is 4.79 Å². The molecule has 2 aromatic carbocycles. The monoisotopic (exact) mass is 399 g/mol. The summed E-state index contributed by atoms with van der Waals surface area (Å²) in [5, 5.41) is 3.26. The lowest BCUT2D eigenvalue weighted by molar-refractivity contribution is 0.245. The summed E-state index contributed by atoms with van der Waals surface area (Å²) < 4.78 is 26.4. The summed E-state index contributed by atoms with van der Waals surface area (Å²) >= 11 is 0. The molecule has 0 fully saturated rings. The highest BCUT2D eigenvalue weighted by molar-refractivity contribution is 7.90. The van der Waals surface area contributed by atoms with E-state index in [0.29, 0.717) is 11.1 Å². The predicted octanol–water partition coefficient (Wildman–Crippen LogP) is 2.64. The topological polar surface area (TPSA) is 108 Å². The molecule has 2 amide bonds. The Morgan fingerprint density at radius 3 is 2.32 bits per heavy atom. The van der Waals surface area contributed by atoms with Gasteiger partial charge in [-0.2, -0.15) is 0 Å².